The molecule has 122 valence electrons. The van der Waals surface area contributed by atoms with Gasteiger partial charge in [-0.25, -0.2) is 13.1 Å². The maximum Gasteiger partial charge on any atom is 0.269 e. The number of benzene rings is 2. The Morgan fingerprint density at radius 2 is 1.70 bits per heavy atom. The first-order valence-electron chi connectivity index (χ1n) is 7.19. The standard InChI is InChI=1S/C16H18N2O4S/c1-13(7-8-14-5-3-2-4-6-14)17-23(21,22)16-11-9-15(10-12-16)18(19)20/h2-6,9-13,17H,7-8H2,1H3. The minimum atomic E-state index is -3.68. The number of non-ortho nitro benzene ring substituents is 1. The minimum absolute atomic E-state index is 0.0228. The first-order valence-corrected chi connectivity index (χ1v) is 8.67. The Labute approximate surface area is 135 Å². The third kappa shape index (κ3) is 4.87. The van der Waals surface area contributed by atoms with E-state index in [2.05, 4.69) is 4.72 Å². The SMILES string of the molecule is CC(CCc1ccccc1)NS(=O)(=O)c1ccc([N+](=O)[O-])cc1. The molecule has 0 aliphatic carbocycles. The van der Waals surface area contributed by atoms with Gasteiger partial charge in [-0.2, -0.15) is 0 Å². The zero-order valence-corrected chi connectivity index (χ0v) is 13.5. The molecule has 1 N–H and O–H groups in total. The number of rotatable bonds is 7. The Hall–Kier alpha value is -2.25. The molecule has 0 radical (unpaired) electrons. The van der Waals surface area contributed by atoms with Gasteiger partial charge in [0, 0.05) is 18.2 Å². The van der Waals surface area contributed by atoms with Crippen molar-refractivity contribution in [2.75, 3.05) is 0 Å². The highest BCUT2D eigenvalue weighted by Gasteiger charge is 2.18. The summed E-state index contributed by atoms with van der Waals surface area (Å²) < 4.78 is 27.1. The lowest BCUT2D eigenvalue weighted by Gasteiger charge is -2.14. The van der Waals surface area contributed by atoms with E-state index in [0.717, 1.165) is 12.0 Å². The van der Waals surface area contributed by atoms with Crippen LogP contribution in [-0.2, 0) is 16.4 Å². The smallest absolute Gasteiger partial charge is 0.258 e. The Kier molecular flexibility index (Phi) is 5.46. The van der Waals surface area contributed by atoms with Gasteiger partial charge >= 0.3 is 0 Å². The monoisotopic (exact) mass is 334 g/mol. The summed E-state index contributed by atoms with van der Waals surface area (Å²) in [5.74, 6) is 0. The molecule has 1 unspecified atom stereocenters. The fourth-order valence-electron chi connectivity index (χ4n) is 2.17. The van der Waals surface area contributed by atoms with Crippen molar-refractivity contribution < 1.29 is 13.3 Å². The van der Waals surface area contributed by atoms with Crippen molar-refractivity contribution in [1.29, 1.82) is 0 Å². The van der Waals surface area contributed by atoms with Crippen molar-refractivity contribution in [3.05, 3.63) is 70.3 Å². The second kappa shape index (κ2) is 7.34. The molecule has 6 nitrogen and oxygen atoms in total. The second-order valence-corrected chi connectivity index (χ2v) is 7.01. The van der Waals surface area contributed by atoms with Crippen molar-refractivity contribution in [2.45, 2.75) is 30.7 Å². The van der Waals surface area contributed by atoms with Gasteiger partial charge in [-0.1, -0.05) is 30.3 Å². The predicted octanol–water partition coefficient (Wildman–Crippen LogP) is 2.89. The van der Waals surface area contributed by atoms with Gasteiger partial charge in [-0.05, 0) is 37.5 Å². The summed E-state index contributed by atoms with van der Waals surface area (Å²) in [6.07, 6.45) is 1.43. The minimum Gasteiger partial charge on any atom is -0.258 e. The van der Waals surface area contributed by atoms with Gasteiger partial charge in [-0.3, -0.25) is 10.1 Å². The van der Waals surface area contributed by atoms with Gasteiger partial charge in [-0.15, -0.1) is 0 Å². The van der Waals surface area contributed by atoms with Gasteiger partial charge < -0.3 is 0 Å². The lowest BCUT2D eigenvalue weighted by molar-refractivity contribution is -0.384. The number of sulfonamides is 1. The van der Waals surface area contributed by atoms with E-state index in [1.807, 2.05) is 30.3 Å². The third-order valence-corrected chi connectivity index (χ3v) is 5.03. The van der Waals surface area contributed by atoms with Crippen LogP contribution >= 0.6 is 0 Å². The second-order valence-electron chi connectivity index (χ2n) is 5.30. The van der Waals surface area contributed by atoms with Crippen LogP contribution in [0.5, 0.6) is 0 Å². The quantitative estimate of drug-likeness (QED) is 0.623. The zero-order valence-electron chi connectivity index (χ0n) is 12.7. The number of nitro benzene ring substituents is 1. The average molecular weight is 334 g/mol. The molecular weight excluding hydrogens is 316 g/mol. The van der Waals surface area contributed by atoms with Crippen molar-refractivity contribution in [1.82, 2.24) is 4.72 Å². The highest BCUT2D eigenvalue weighted by atomic mass is 32.2. The van der Waals surface area contributed by atoms with Crippen LogP contribution < -0.4 is 4.72 Å². The highest BCUT2D eigenvalue weighted by molar-refractivity contribution is 7.89. The summed E-state index contributed by atoms with van der Waals surface area (Å²) in [4.78, 5) is 10.1. The maximum absolute atomic E-state index is 12.3. The molecule has 7 heteroatoms. The molecule has 0 saturated heterocycles. The lowest BCUT2D eigenvalue weighted by atomic mass is 10.1. The van der Waals surface area contributed by atoms with Crippen LogP contribution in [0.15, 0.2) is 59.5 Å². The Morgan fingerprint density at radius 3 is 2.26 bits per heavy atom. The summed E-state index contributed by atoms with van der Waals surface area (Å²) in [5, 5.41) is 10.6. The largest absolute Gasteiger partial charge is 0.269 e. The van der Waals surface area contributed by atoms with Gasteiger partial charge in [0.15, 0.2) is 0 Å². The average Bonchev–Trinajstić information content (AvgIpc) is 2.53. The van der Waals surface area contributed by atoms with Crippen molar-refractivity contribution in [2.24, 2.45) is 0 Å². The highest BCUT2D eigenvalue weighted by Crippen LogP contribution is 2.16. The molecule has 0 spiro atoms. The Balaban J connectivity index is 1.98. The van der Waals surface area contributed by atoms with Crippen LogP contribution in [0, 0.1) is 10.1 Å². The van der Waals surface area contributed by atoms with Gasteiger partial charge in [0.1, 0.15) is 0 Å². The van der Waals surface area contributed by atoms with E-state index in [1.54, 1.807) is 6.92 Å². The topological polar surface area (TPSA) is 89.3 Å². The summed E-state index contributed by atoms with van der Waals surface area (Å²) in [6.45, 7) is 1.80. The van der Waals surface area contributed by atoms with Crippen LogP contribution in [-0.4, -0.2) is 19.4 Å². The lowest BCUT2D eigenvalue weighted by Crippen LogP contribution is -2.32. The normalized spacial score (nSPS) is 12.7. The van der Waals surface area contributed by atoms with Crippen molar-refractivity contribution >= 4 is 15.7 Å². The van der Waals surface area contributed by atoms with E-state index in [4.69, 9.17) is 0 Å². The van der Waals surface area contributed by atoms with Gasteiger partial charge in [0.25, 0.3) is 5.69 Å². The van der Waals surface area contributed by atoms with Crippen LogP contribution in [0.2, 0.25) is 0 Å². The van der Waals surface area contributed by atoms with E-state index < -0.39 is 14.9 Å². The first kappa shape index (κ1) is 17.1. The molecule has 1 atom stereocenters. The third-order valence-electron chi connectivity index (χ3n) is 3.42. The Morgan fingerprint density at radius 1 is 1.09 bits per heavy atom. The fourth-order valence-corrected chi connectivity index (χ4v) is 3.44. The summed E-state index contributed by atoms with van der Waals surface area (Å²) in [7, 11) is -3.68. The molecule has 0 fully saturated rings. The Bertz CT molecular complexity index is 758. The fraction of sp³-hybridized carbons (Fsp3) is 0.250. The number of aryl methyl sites for hydroxylation is 1. The van der Waals surface area contributed by atoms with Gasteiger partial charge in [0.05, 0.1) is 9.82 Å². The van der Waals surface area contributed by atoms with Crippen LogP contribution in [0.3, 0.4) is 0 Å². The zero-order chi connectivity index (χ0) is 16.9. The molecule has 0 saturated carbocycles. The summed E-state index contributed by atoms with van der Waals surface area (Å²) in [5.41, 5.74) is 1.01. The van der Waals surface area contributed by atoms with E-state index in [1.165, 1.54) is 24.3 Å². The molecular formula is C16H18N2O4S. The molecule has 0 aliphatic heterocycles. The molecule has 0 heterocycles. The van der Waals surface area contributed by atoms with E-state index in [9.17, 15) is 18.5 Å². The van der Waals surface area contributed by atoms with Crippen LogP contribution in [0.25, 0.3) is 0 Å². The van der Waals surface area contributed by atoms with Crippen LogP contribution in [0.1, 0.15) is 18.9 Å². The van der Waals surface area contributed by atoms with Crippen LogP contribution in [0.4, 0.5) is 5.69 Å². The molecule has 0 amide bonds. The number of nitrogens with one attached hydrogen (secondary N) is 1. The number of hydrogen-bond donors (Lipinski definition) is 1. The molecule has 2 aromatic carbocycles. The molecule has 2 aromatic rings. The van der Waals surface area contributed by atoms with E-state index >= 15 is 0 Å². The molecule has 0 bridgehead atoms. The van der Waals surface area contributed by atoms with E-state index in [0.29, 0.717) is 6.42 Å². The number of nitrogens with zero attached hydrogens (tertiary/aromatic N) is 1. The summed E-state index contributed by atoms with van der Waals surface area (Å²) in [6, 6.07) is 14.4. The molecule has 0 aromatic heterocycles. The van der Waals surface area contributed by atoms with Gasteiger partial charge in [0.2, 0.25) is 10.0 Å². The predicted molar refractivity (Wildman–Crippen MR) is 87.6 cm³/mol. The first-order chi connectivity index (χ1) is 10.9. The maximum atomic E-state index is 12.3. The van der Waals surface area contributed by atoms with Crippen molar-refractivity contribution in [3.63, 3.8) is 0 Å². The summed E-state index contributed by atoms with van der Waals surface area (Å²) >= 11 is 0. The number of nitro groups is 1. The van der Waals surface area contributed by atoms with E-state index in [-0.39, 0.29) is 16.6 Å². The molecule has 23 heavy (non-hydrogen) atoms. The van der Waals surface area contributed by atoms with Crippen molar-refractivity contribution in [3.8, 4) is 0 Å². The number of hydrogen-bond acceptors (Lipinski definition) is 4. The molecule has 0 aliphatic rings. The molecule has 2 rings (SSSR count).